The minimum Gasteiger partial charge on any atom is -0.493 e. The van der Waals surface area contributed by atoms with Crippen LogP contribution in [0.25, 0.3) is 0 Å². The summed E-state index contributed by atoms with van der Waals surface area (Å²) in [6, 6.07) is 13.6. The number of nitrogens with one attached hydrogen (secondary N) is 1. The van der Waals surface area contributed by atoms with E-state index in [2.05, 4.69) is 5.32 Å². The molecule has 3 atom stereocenters. The maximum absolute atomic E-state index is 13.1. The van der Waals surface area contributed by atoms with E-state index in [0.717, 1.165) is 0 Å². The van der Waals surface area contributed by atoms with E-state index in [1.807, 2.05) is 30.3 Å². The quantitative estimate of drug-likeness (QED) is 0.822. The van der Waals surface area contributed by atoms with E-state index in [-0.39, 0.29) is 12.6 Å². The fraction of sp³-hybridized carbons (Fsp3) is 0.333. The normalized spacial score (nSPS) is 25.2. The number of carbonyl (C=O) groups excluding carboxylic acids is 2. The molecule has 1 saturated heterocycles. The molecule has 1 N–H and O–H groups in total. The highest BCUT2D eigenvalue weighted by molar-refractivity contribution is 5.97. The van der Waals surface area contributed by atoms with Crippen molar-refractivity contribution in [2.24, 2.45) is 5.92 Å². The van der Waals surface area contributed by atoms with Gasteiger partial charge < -0.3 is 19.5 Å². The zero-order valence-corrected chi connectivity index (χ0v) is 16.0. The van der Waals surface area contributed by atoms with Gasteiger partial charge in [0.15, 0.2) is 11.5 Å². The van der Waals surface area contributed by atoms with Crippen LogP contribution in [-0.4, -0.2) is 31.4 Å². The number of hydrogen-bond acceptors (Lipinski definition) is 5. The molecule has 0 radical (unpaired) electrons. The summed E-state index contributed by atoms with van der Waals surface area (Å²) in [5, 5.41) is 2.97. The third-order valence-corrected chi connectivity index (χ3v) is 5.26. The van der Waals surface area contributed by atoms with E-state index in [1.165, 1.54) is 4.90 Å². The minimum atomic E-state index is -1.29. The Hall–Kier alpha value is -3.22. The van der Waals surface area contributed by atoms with E-state index in [4.69, 9.17) is 14.2 Å². The van der Waals surface area contributed by atoms with E-state index in [0.29, 0.717) is 22.7 Å². The van der Waals surface area contributed by atoms with Crippen LogP contribution in [0.5, 0.6) is 11.5 Å². The fourth-order valence-corrected chi connectivity index (χ4v) is 4.09. The Labute approximate surface area is 163 Å². The van der Waals surface area contributed by atoms with Gasteiger partial charge in [-0.2, -0.15) is 0 Å². The van der Waals surface area contributed by atoms with Crippen molar-refractivity contribution in [1.82, 2.24) is 5.32 Å². The average Bonchev–Trinajstić information content (AvgIpc) is 2.68. The van der Waals surface area contributed by atoms with Crippen molar-refractivity contribution in [1.29, 1.82) is 0 Å². The Bertz CT molecular complexity index is 916. The van der Waals surface area contributed by atoms with Gasteiger partial charge in [0, 0.05) is 11.3 Å². The van der Waals surface area contributed by atoms with Crippen molar-refractivity contribution in [2.45, 2.75) is 25.6 Å². The van der Waals surface area contributed by atoms with Crippen LogP contribution in [0.4, 0.5) is 10.5 Å². The average molecular weight is 382 g/mol. The zero-order valence-electron chi connectivity index (χ0n) is 16.0. The second-order valence-corrected chi connectivity index (χ2v) is 6.86. The number of fused-ring (bicyclic) bond motifs is 4. The Morgan fingerprint density at radius 3 is 2.64 bits per heavy atom. The second-order valence-electron chi connectivity index (χ2n) is 6.86. The lowest BCUT2D eigenvalue weighted by molar-refractivity contribution is -0.160. The molecule has 2 aromatic carbocycles. The Kier molecular flexibility index (Phi) is 4.37. The number of para-hydroxylation sites is 2. The molecule has 28 heavy (non-hydrogen) atoms. The number of urea groups is 1. The molecule has 0 spiro atoms. The maximum atomic E-state index is 13.1. The first-order valence-corrected chi connectivity index (χ1v) is 9.19. The molecule has 2 amide bonds. The van der Waals surface area contributed by atoms with Gasteiger partial charge in [0.2, 0.25) is 5.72 Å². The topological polar surface area (TPSA) is 77.1 Å². The molecule has 2 aliphatic heterocycles. The Balaban J connectivity index is 1.92. The highest BCUT2D eigenvalue weighted by atomic mass is 16.6. The molecule has 4 rings (SSSR count). The molecule has 0 aliphatic carbocycles. The van der Waals surface area contributed by atoms with Crippen LogP contribution in [0, 0.1) is 5.92 Å². The molecule has 0 saturated carbocycles. The lowest BCUT2D eigenvalue weighted by Gasteiger charge is -2.54. The van der Waals surface area contributed by atoms with Crippen LogP contribution in [0.15, 0.2) is 48.5 Å². The monoisotopic (exact) mass is 382 g/mol. The number of hydrogen-bond donors (Lipinski definition) is 1. The molecule has 146 valence electrons. The van der Waals surface area contributed by atoms with Crippen LogP contribution >= 0.6 is 0 Å². The molecule has 2 bridgehead atoms. The van der Waals surface area contributed by atoms with Crippen molar-refractivity contribution in [3.8, 4) is 11.5 Å². The summed E-state index contributed by atoms with van der Waals surface area (Å²) < 4.78 is 17.2. The number of methoxy groups -OCH3 is 1. The number of ether oxygens (including phenoxy) is 3. The van der Waals surface area contributed by atoms with Gasteiger partial charge in [-0.3, -0.25) is 9.69 Å². The van der Waals surface area contributed by atoms with Gasteiger partial charge in [0.25, 0.3) is 0 Å². The number of amides is 2. The van der Waals surface area contributed by atoms with Crippen LogP contribution in [-0.2, 0) is 9.53 Å². The summed E-state index contributed by atoms with van der Waals surface area (Å²) in [6.07, 6.45) is 0. The smallest absolute Gasteiger partial charge is 0.325 e. The first-order valence-electron chi connectivity index (χ1n) is 9.19. The Morgan fingerprint density at radius 1 is 1.21 bits per heavy atom. The molecule has 0 unspecified atom stereocenters. The predicted molar refractivity (Wildman–Crippen MR) is 102 cm³/mol. The standard InChI is InChI=1S/C21H22N2O5/c1-4-27-19(24)16-17-14-11-8-12-15(26-3)18(14)28-21(16,2)23(20(25)22-17)13-9-6-5-7-10-13/h5-12,16-17H,4H2,1-3H3,(H,22,25)/t16-,17-,21+/m1/s1. The first-order chi connectivity index (χ1) is 13.5. The van der Waals surface area contributed by atoms with E-state index in [9.17, 15) is 9.59 Å². The number of anilines is 1. The predicted octanol–water partition coefficient (Wildman–Crippen LogP) is 3.25. The van der Waals surface area contributed by atoms with Gasteiger partial charge in [-0.05, 0) is 32.0 Å². The summed E-state index contributed by atoms with van der Waals surface area (Å²) in [7, 11) is 1.56. The highest BCUT2D eigenvalue weighted by Crippen LogP contribution is 2.52. The van der Waals surface area contributed by atoms with Crippen molar-refractivity contribution in [3.05, 3.63) is 54.1 Å². The molecule has 1 fully saturated rings. The lowest BCUT2D eigenvalue weighted by Crippen LogP contribution is -2.71. The van der Waals surface area contributed by atoms with Crippen LogP contribution in [0.3, 0.4) is 0 Å². The number of esters is 1. The van der Waals surface area contributed by atoms with Gasteiger partial charge in [-0.25, -0.2) is 4.79 Å². The van der Waals surface area contributed by atoms with Gasteiger partial charge in [-0.1, -0.05) is 30.3 Å². The summed E-state index contributed by atoms with van der Waals surface area (Å²) >= 11 is 0. The van der Waals surface area contributed by atoms with Gasteiger partial charge >= 0.3 is 12.0 Å². The van der Waals surface area contributed by atoms with Crippen LogP contribution in [0.1, 0.15) is 25.5 Å². The SMILES string of the molecule is CCOC(=O)[C@H]1[C@@H]2NC(=O)N(c3ccccc3)[C@@]1(C)Oc1c(OC)cccc12. The number of rotatable bonds is 4. The van der Waals surface area contributed by atoms with Crippen molar-refractivity contribution in [3.63, 3.8) is 0 Å². The summed E-state index contributed by atoms with van der Waals surface area (Å²) in [5.41, 5.74) is 0.0203. The third kappa shape index (κ3) is 2.58. The molecule has 2 aromatic rings. The second kappa shape index (κ2) is 6.74. The lowest BCUT2D eigenvalue weighted by atomic mass is 9.79. The maximum Gasteiger partial charge on any atom is 0.325 e. The fourth-order valence-electron chi connectivity index (χ4n) is 4.09. The molecular weight excluding hydrogens is 360 g/mol. The largest absolute Gasteiger partial charge is 0.493 e. The van der Waals surface area contributed by atoms with Crippen LogP contribution < -0.4 is 19.7 Å². The molecule has 2 aliphatic rings. The third-order valence-electron chi connectivity index (χ3n) is 5.26. The van der Waals surface area contributed by atoms with Gasteiger partial charge in [0.05, 0.1) is 19.8 Å². The van der Waals surface area contributed by atoms with E-state index in [1.54, 1.807) is 39.2 Å². The summed E-state index contributed by atoms with van der Waals surface area (Å²) in [4.78, 5) is 27.5. The molecule has 7 nitrogen and oxygen atoms in total. The van der Waals surface area contributed by atoms with Gasteiger partial charge in [0.1, 0.15) is 5.92 Å². The van der Waals surface area contributed by atoms with Gasteiger partial charge in [-0.15, -0.1) is 0 Å². The number of carbonyl (C=O) groups is 2. The number of nitrogens with zero attached hydrogens (tertiary/aromatic N) is 1. The van der Waals surface area contributed by atoms with Crippen molar-refractivity contribution >= 4 is 17.7 Å². The molecule has 7 heteroatoms. The van der Waals surface area contributed by atoms with Crippen LogP contribution in [0.2, 0.25) is 0 Å². The Morgan fingerprint density at radius 2 is 1.96 bits per heavy atom. The number of benzene rings is 2. The van der Waals surface area contributed by atoms with Crippen molar-refractivity contribution < 1.29 is 23.8 Å². The highest BCUT2D eigenvalue weighted by Gasteiger charge is 2.61. The molecular formula is C21H22N2O5. The molecule has 2 heterocycles. The zero-order chi connectivity index (χ0) is 19.9. The van der Waals surface area contributed by atoms with Crippen molar-refractivity contribution in [2.75, 3.05) is 18.6 Å². The summed E-state index contributed by atoms with van der Waals surface area (Å²) in [6.45, 7) is 3.73. The minimum absolute atomic E-state index is 0.238. The van der Waals surface area contributed by atoms with E-state index >= 15 is 0 Å². The first kappa shape index (κ1) is 18.2. The summed E-state index contributed by atoms with van der Waals surface area (Å²) in [5.74, 6) is -0.131. The van der Waals surface area contributed by atoms with E-state index < -0.39 is 23.7 Å². The molecule has 0 aromatic heterocycles.